The first-order chi connectivity index (χ1) is 8.25. The lowest BCUT2D eigenvalue weighted by molar-refractivity contribution is -0.125. The van der Waals surface area contributed by atoms with Crippen molar-refractivity contribution >= 4 is 21.7 Å². The van der Waals surface area contributed by atoms with E-state index in [1.54, 1.807) is 6.07 Å². The fourth-order valence-corrected chi connectivity index (χ4v) is 2.75. The van der Waals surface area contributed by atoms with Gasteiger partial charge in [0.25, 0.3) is 0 Å². The summed E-state index contributed by atoms with van der Waals surface area (Å²) in [6.45, 7) is 7.75. The predicted molar refractivity (Wildman–Crippen MR) is 76.8 cm³/mol. The van der Waals surface area contributed by atoms with E-state index < -0.39 is 0 Å². The number of nitrogens with zero attached hydrogens (tertiary/aromatic N) is 1. The number of hydrogen-bond donors (Lipinski definition) is 0. The Hall–Kier alpha value is -1.14. The Kier molecular flexibility index (Phi) is 4.70. The van der Waals surface area contributed by atoms with Crippen LogP contribution in [0, 0.1) is 23.7 Å². The number of carbonyl (C=O) groups is 1. The van der Waals surface area contributed by atoms with Crippen LogP contribution in [0.2, 0.25) is 0 Å². The minimum absolute atomic E-state index is 0.185. The zero-order valence-corrected chi connectivity index (χ0v) is 12.8. The Morgan fingerprint density at radius 3 is 2.56 bits per heavy atom. The Bertz CT molecular complexity index is 494. The third kappa shape index (κ3) is 3.68. The molecule has 0 bridgehead atoms. The minimum Gasteiger partial charge on any atom is -0.298 e. The van der Waals surface area contributed by atoms with Crippen LogP contribution in [0.25, 0.3) is 0 Å². The summed E-state index contributed by atoms with van der Waals surface area (Å²) < 4.78 is 0. The first kappa shape index (κ1) is 14.9. The monoisotopic (exact) mass is 307 g/mol. The van der Waals surface area contributed by atoms with E-state index in [4.69, 9.17) is 5.26 Å². The topological polar surface area (TPSA) is 40.9 Å². The maximum atomic E-state index is 12.1. The maximum Gasteiger partial charge on any atom is 0.152 e. The number of carbonyl (C=O) groups excluding carboxylic acids is 1. The van der Waals surface area contributed by atoms with Gasteiger partial charge in [0.15, 0.2) is 5.78 Å². The second-order valence-electron chi connectivity index (χ2n) is 5.54. The van der Waals surface area contributed by atoms with E-state index in [2.05, 4.69) is 22.0 Å². The van der Waals surface area contributed by atoms with E-state index >= 15 is 0 Å². The van der Waals surface area contributed by atoms with Crippen molar-refractivity contribution in [2.45, 2.75) is 38.9 Å². The van der Waals surface area contributed by atoms with E-state index in [1.165, 1.54) is 0 Å². The fourth-order valence-electron chi connectivity index (χ4n) is 1.72. The molecule has 1 atom stereocenters. The molecule has 1 unspecified atom stereocenters. The largest absolute Gasteiger partial charge is 0.298 e. The molecule has 0 N–H and O–H groups in total. The molecule has 0 aromatic heterocycles. The predicted octanol–water partition coefficient (Wildman–Crippen LogP) is 3.79. The highest BCUT2D eigenvalue weighted by Gasteiger charge is 2.28. The third-order valence-electron chi connectivity index (χ3n) is 2.90. The van der Waals surface area contributed by atoms with Crippen molar-refractivity contribution in [2.75, 3.05) is 0 Å². The van der Waals surface area contributed by atoms with Crippen LogP contribution in [0.4, 0.5) is 0 Å². The smallest absolute Gasteiger partial charge is 0.152 e. The number of rotatable bonds is 3. The minimum atomic E-state index is -0.352. The van der Waals surface area contributed by atoms with Gasteiger partial charge in [0.2, 0.25) is 0 Å². The molecule has 2 nitrogen and oxygen atoms in total. The molecule has 0 saturated carbocycles. The summed E-state index contributed by atoms with van der Waals surface area (Å²) >= 11 is 3.46. The molecule has 0 amide bonds. The molecule has 0 fully saturated rings. The number of alkyl halides is 1. The molecule has 96 valence electrons. The Morgan fingerprint density at radius 1 is 1.44 bits per heavy atom. The number of hydrogen-bond acceptors (Lipinski definition) is 2. The van der Waals surface area contributed by atoms with Crippen molar-refractivity contribution in [2.24, 2.45) is 5.41 Å². The van der Waals surface area contributed by atoms with Crippen molar-refractivity contribution in [1.82, 2.24) is 0 Å². The number of halogens is 1. The van der Waals surface area contributed by atoms with E-state index in [-0.39, 0.29) is 16.0 Å². The molecule has 1 aromatic rings. The number of nitriles is 1. The van der Waals surface area contributed by atoms with Crippen LogP contribution < -0.4 is 0 Å². The zero-order valence-electron chi connectivity index (χ0n) is 11.2. The second kappa shape index (κ2) is 5.67. The second-order valence-corrected chi connectivity index (χ2v) is 6.64. The van der Waals surface area contributed by atoms with Gasteiger partial charge in [-0.05, 0) is 36.6 Å². The van der Waals surface area contributed by atoms with E-state index in [0.29, 0.717) is 12.0 Å². The zero-order chi connectivity index (χ0) is 13.9. The quantitative estimate of drug-likeness (QED) is 0.797. The summed E-state index contributed by atoms with van der Waals surface area (Å²) in [4.78, 5) is 11.9. The van der Waals surface area contributed by atoms with Crippen molar-refractivity contribution in [1.29, 1.82) is 5.26 Å². The summed E-state index contributed by atoms with van der Waals surface area (Å²) in [5.74, 6) is 0.185. The number of ketones is 1. The highest BCUT2D eigenvalue weighted by atomic mass is 79.9. The van der Waals surface area contributed by atoms with Crippen molar-refractivity contribution in [3.63, 3.8) is 0 Å². The van der Waals surface area contributed by atoms with Crippen LogP contribution in [0.5, 0.6) is 0 Å². The Morgan fingerprint density at radius 2 is 2.06 bits per heavy atom. The summed E-state index contributed by atoms with van der Waals surface area (Å²) in [6.07, 6.45) is 0.622. The SMILES string of the molecule is Cc1ccc(C#N)cc1CC(Br)C(=O)C(C)(C)C. The molecule has 0 saturated heterocycles. The molecular weight excluding hydrogens is 290 g/mol. The van der Waals surface area contributed by atoms with Gasteiger partial charge >= 0.3 is 0 Å². The lowest BCUT2D eigenvalue weighted by Crippen LogP contribution is -2.30. The first-order valence-electron chi connectivity index (χ1n) is 5.93. The van der Waals surface area contributed by atoms with Gasteiger partial charge in [0.05, 0.1) is 16.5 Å². The molecule has 0 heterocycles. The van der Waals surface area contributed by atoms with Gasteiger partial charge in [-0.3, -0.25) is 4.79 Å². The molecule has 0 spiro atoms. The maximum absolute atomic E-state index is 12.1. The van der Waals surface area contributed by atoms with Crippen molar-refractivity contribution in [3.05, 3.63) is 34.9 Å². The normalized spacial score (nSPS) is 12.9. The van der Waals surface area contributed by atoms with Crippen LogP contribution in [-0.4, -0.2) is 10.6 Å². The van der Waals surface area contributed by atoms with E-state index in [0.717, 1.165) is 11.1 Å². The van der Waals surface area contributed by atoms with Gasteiger partial charge < -0.3 is 0 Å². The molecule has 0 radical (unpaired) electrons. The Balaban J connectivity index is 2.92. The van der Waals surface area contributed by atoms with Gasteiger partial charge in [-0.25, -0.2) is 0 Å². The van der Waals surface area contributed by atoms with Gasteiger partial charge in [-0.15, -0.1) is 0 Å². The van der Waals surface area contributed by atoms with Crippen LogP contribution in [0.15, 0.2) is 18.2 Å². The average Bonchev–Trinajstić information content (AvgIpc) is 2.29. The van der Waals surface area contributed by atoms with Crippen LogP contribution in [0.3, 0.4) is 0 Å². The summed E-state index contributed by atoms with van der Waals surface area (Å²) in [7, 11) is 0. The first-order valence-corrected chi connectivity index (χ1v) is 6.85. The molecule has 0 aliphatic heterocycles. The van der Waals surface area contributed by atoms with Gasteiger partial charge in [-0.1, -0.05) is 42.8 Å². The molecule has 18 heavy (non-hydrogen) atoms. The van der Waals surface area contributed by atoms with Crippen molar-refractivity contribution < 1.29 is 4.79 Å². The number of Topliss-reactive ketones (excluding diaryl/α,β-unsaturated/α-hetero) is 1. The van der Waals surface area contributed by atoms with Gasteiger partial charge in [0.1, 0.15) is 0 Å². The highest BCUT2D eigenvalue weighted by molar-refractivity contribution is 9.10. The summed E-state index contributed by atoms with van der Waals surface area (Å²) in [5, 5.41) is 8.90. The number of benzene rings is 1. The van der Waals surface area contributed by atoms with Gasteiger partial charge in [0, 0.05) is 5.41 Å². The van der Waals surface area contributed by atoms with Crippen LogP contribution >= 0.6 is 15.9 Å². The molecular formula is C15H18BrNO. The Labute approximate surface area is 117 Å². The van der Waals surface area contributed by atoms with Gasteiger partial charge in [-0.2, -0.15) is 5.26 Å². The average molecular weight is 308 g/mol. The van der Waals surface area contributed by atoms with Crippen LogP contribution in [0.1, 0.15) is 37.5 Å². The number of aryl methyl sites for hydroxylation is 1. The molecule has 1 aromatic carbocycles. The highest BCUT2D eigenvalue weighted by Crippen LogP contribution is 2.24. The summed E-state index contributed by atoms with van der Waals surface area (Å²) in [5.41, 5.74) is 2.45. The lowest BCUT2D eigenvalue weighted by Gasteiger charge is -2.21. The standard InChI is InChI=1S/C15H18BrNO/c1-10-5-6-11(9-17)7-12(10)8-13(16)14(18)15(2,3)4/h5-7,13H,8H2,1-4H3. The van der Waals surface area contributed by atoms with Crippen LogP contribution in [-0.2, 0) is 11.2 Å². The molecule has 3 heteroatoms. The molecule has 0 aliphatic rings. The fraction of sp³-hybridized carbons (Fsp3) is 0.467. The van der Waals surface area contributed by atoms with Crippen molar-refractivity contribution in [3.8, 4) is 6.07 Å². The van der Waals surface area contributed by atoms with E-state index in [9.17, 15) is 4.79 Å². The molecule has 0 aliphatic carbocycles. The van der Waals surface area contributed by atoms with E-state index in [1.807, 2.05) is 39.8 Å². The third-order valence-corrected chi connectivity index (χ3v) is 3.64. The molecule has 1 rings (SSSR count). The lowest BCUT2D eigenvalue weighted by atomic mass is 9.86. The summed E-state index contributed by atoms with van der Waals surface area (Å²) in [6, 6.07) is 7.71.